The summed E-state index contributed by atoms with van der Waals surface area (Å²) >= 11 is 0. The molecule has 2 rings (SSSR count). The van der Waals surface area contributed by atoms with Gasteiger partial charge in [0.1, 0.15) is 0 Å². The zero-order valence-corrected chi connectivity index (χ0v) is 11.7. The monoisotopic (exact) mass is 274 g/mol. The summed E-state index contributed by atoms with van der Waals surface area (Å²) in [6.07, 6.45) is 2.40. The van der Waals surface area contributed by atoms with Gasteiger partial charge in [0.15, 0.2) is 9.84 Å². The number of carbonyl (C=O) groups excluding carboxylic acids is 1. The van der Waals surface area contributed by atoms with Crippen molar-refractivity contribution in [3.63, 3.8) is 0 Å². The van der Waals surface area contributed by atoms with E-state index in [4.69, 9.17) is 0 Å². The first-order valence-electron chi connectivity index (χ1n) is 6.75. The molecule has 6 heteroatoms. The predicted octanol–water partition coefficient (Wildman–Crippen LogP) is 0.0216. The van der Waals surface area contributed by atoms with Gasteiger partial charge < -0.3 is 10.2 Å². The first-order chi connectivity index (χ1) is 8.53. The van der Waals surface area contributed by atoms with Gasteiger partial charge in [0.2, 0.25) is 5.91 Å². The van der Waals surface area contributed by atoms with Crippen LogP contribution in [0.15, 0.2) is 0 Å². The number of nitrogens with one attached hydrogen (secondary N) is 1. The molecule has 2 aliphatic rings. The zero-order valence-electron chi connectivity index (χ0n) is 10.9. The van der Waals surface area contributed by atoms with Crippen LogP contribution in [-0.2, 0) is 14.6 Å². The van der Waals surface area contributed by atoms with Crippen molar-refractivity contribution in [2.75, 3.05) is 31.1 Å². The molecule has 18 heavy (non-hydrogen) atoms. The molecule has 2 atom stereocenters. The molecule has 2 saturated heterocycles. The second kappa shape index (κ2) is 5.57. The number of carbonyl (C=O) groups is 1. The number of rotatable bonds is 4. The van der Waals surface area contributed by atoms with Gasteiger partial charge in [-0.05, 0) is 25.8 Å². The lowest BCUT2D eigenvalue weighted by atomic mass is 10.1. The summed E-state index contributed by atoms with van der Waals surface area (Å²) in [5.74, 6) is -0.0350. The molecule has 0 saturated carbocycles. The highest BCUT2D eigenvalue weighted by atomic mass is 32.2. The van der Waals surface area contributed by atoms with E-state index in [-0.39, 0.29) is 29.4 Å². The van der Waals surface area contributed by atoms with Crippen LogP contribution in [0.1, 0.15) is 26.2 Å². The van der Waals surface area contributed by atoms with Crippen LogP contribution in [0.2, 0.25) is 0 Å². The molecule has 0 aliphatic carbocycles. The first-order valence-corrected chi connectivity index (χ1v) is 8.57. The smallest absolute Gasteiger partial charge is 0.227 e. The lowest BCUT2D eigenvalue weighted by Crippen LogP contribution is -2.45. The molecular weight excluding hydrogens is 252 g/mol. The van der Waals surface area contributed by atoms with E-state index in [1.54, 1.807) is 0 Å². The molecule has 0 bridgehead atoms. The lowest BCUT2D eigenvalue weighted by molar-refractivity contribution is -0.136. The molecule has 2 unspecified atom stereocenters. The van der Waals surface area contributed by atoms with Gasteiger partial charge in [-0.1, -0.05) is 6.92 Å². The maximum Gasteiger partial charge on any atom is 0.227 e. The van der Waals surface area contributed by atoms with Crippen LogP contribution in [0.3, 0.4) is 0 Å². The minimum atomic E-state index is -2.98. The van der Waals surface area contributed by atoms with E-state index in [9.17, 15) is 13.2 Å². The normalized spacial score (nSPS) is 30.5. The van der Waals surface area contributed by atoms with E-state index in [0.29, 0.717) is 6.42 Å². The Hall–Kier alpha value is -0.620. The van der Waals surface area contributed by atoms with Crippen LogP contribution in [0, 0.1) is 5.92 Å². The largest absolute Gasteiger partial charge is 0.338 e. The van der Waals surface area contributed by atoms with Gasteiger partial charge in [-0.2, -0.15) is 0 Å². The molecular formula is C12H22N2O3S. The maximum absolute atomic E-state index is 12.4. The summed E-state index contributed by atoms with van der Waals surface area (Å²) in [5.41, 5.74) is 0. The number of sulfone groups is 1. The van der Waals surface area contributed by atoms with Gasteiger partial charge in [0, 0.05) is 19.1 Å². The van der Waals surface area contributed by atoms with Crippen molar-refractivity contribution in [3.8, 4) is 0 Å². The van der Waals surface area contributed by atoms with Gasteiger partial charge >= 0.3 is 0 Å². The van der Waals surface area contributed by atoms with Crippen molar-refractivity contribution in [1.29, 1.82) is 0 Å². The van der Waals surface area contributed by atoms with Crippen LogP contribution >= 0.6 is 0 Å². The molecule has 0 spiro atoms. The second-order valence-electron chi connectivity index (χ2n) is 5.28. The van der Waals surface area contributed by atoms with Crippen LogP contribution in [0.25, 0.3) is 0 Å². The molecule has 5 nitrogen and oxygen atoms in total. The van der Waals surface area contributed by atoms with Crippen molar-refractivity contribution in [2.45, 2.75) is 32.2 Å². The van der Waals surface area contributed by atoms with Crippen LogP contribution in [-0.4, -0.2) is 56.4 Å². The Bertz CT molecular complexity index is 402. The fraction of sp³-hybridized carbons (Fsp3) is 0.917. The summed E-state index contributed by atoms with van der Waals surface area (Å²) in [7, 11) is -2.98. The van der Waals surface area contributed by atoms with Gasteiger partial charge in [0.05, 0.1) is 17.4 Å². The van der Waals surface area contributed by atoms with Crippen molar-refractivity contribution in [3.05, 3.63) is 0 Å². The zero-order chi connectivity index (χ0) is 13.2. The molecule has 0 aromatic heterocycles. The number of hydrogen-bond donors (Lipinski definition) is 1. The summed E-state index contributed by atoms with van der Waals surface area (Å²) < 4.78 is 22.9. The van der Waals surface area contributed by atoms with Crippen molar-refractivity contribution in [1.82, 2.24) is 10.2 Å². The highest BCUT2D eigenvalue weighted by Gasteiger charge is 2.37. The Morgan fingerprint density at radius 1 is 1.39 bits per heavy atom. The molecule has 1 amide bonds. The molecule has 2 aliphatic heterocycles. The van der Waals surface area contributed by atoms with E-state index in [1.165, 1.54) is 0 Å². The molecule has 2 fully saturated rings. The number of amides is 1. The highest BCUT2D eigenvalue weighted by Crippen LogP contribution is 2.23. The summed E-state index contributed by atoms with van der Waals surface area (Å²) in [6.45, 7) is 4.57. The first kappa shape index (κ1) is 13.8. The van der Waals surface area contributed by atoms with Gasteiger partial charge in [-0.15, -0.1) is 0 Å². The number of hydrogen-bond acceptors (Lipinski definition) is 4. The molecule has 0 radical (unpaired) electrons. The average Bonchev–Trinajstić information content (AvgIpc) is 2.94. The Labute approximate surface area is 109 Å². The summed E-state index contributed by atoms with van der Waals surface area (Å²) in [6, 6.07) is 0.251. The van der Waals surface area contributed by atoms with Gasteiger partial charge in [-0.25, -0.2) is 8.42 Å². The highest BCUT2D eigenvalue weighted by molar-refractivity contribution is 7.91. The van der Waals surface area contributed by atoms with Crippen LogP contribution in [0.5, 0.6) is 0 Å². The quantitative estimate of drug-likeness (QED) is 0.785. The van der Waals surface area contributed by atoms with Crippen LogP contribution in [0.4, 0.5) is 0 Å². The second-order valence-corrected chi connectivity index (χ2v) is 7.51. The molecule has 2 heterocycles. The van der Waals surface area contributed by atoms with Crippen molar-refractivity contribution >= 4 is 15.7 Å². The molecule has 0 aromatic carbocycles. The Morgan fingerprint density at radius 2 is 2.17 bits per heavy atom. The van der Waals surface area contributed by atoms with E-state index in [2.05, 4.69) is 5.32 Å². The third-order valence-electron chi connectivity index (χ3n) is 3.80. The van der Waals surface area contributed by atoms with E-state index in [0.717, 1.165) is 32.5 Å². The Morgan fingerprint density at radius 3 is 2.67 bits per heavy atom. The lowest BCUT2D eigenvalue weighted by Gasteiger charge is -2.30. The van der Waals surface area contributed by atoms with Crippen molar-refractivity contribution < 1.29 is 13.2 Å². The van der Waals surface area contributed by atoms with E-state index < -0.39 is 9.84 Å². The summed E-state index contributed by atoms with van der Waals surface area (Å²) in [4.78, 5) is 14.4. The minimum absolute atomic E-state index is 0.0478. The Balaban J connectivity index is 2.04. The fourth-order valence-corrected chi connectivity index (χ4v) is 4.58. The fourth-order valence-electron chi connectivity index (χ4n) is 2.84. The van der Waals surface area contributed by atoms with E-state index >= 15 is 0 Å². The average molecular weight is 274 g/mol. The molecule has 0 aromatic rings. The van der Waals surface area contributed by atoms with E-state index in [1.807, 2.05) is 11.8 Å². The molecule has 1 N–H and O–H groups in total. The van der Waals surface area contributed by atoms with Crippen molar-refractivity contribution in [2.24, 2.45) is 5.92 Å². The molecule has 104 valence electrons. The predicted molar refractivity (Wildman–Crippen MR) is 70.0 cm³/mol. The van der Waals surface area contributed by atoms with Gasteiger partial charge in [-0.3, -0.25) is 4.79 Å². The third-order valence-corrected chi connectivity index (χ3v) is 5.57. The third kappa shape index (κ3) is 3.03. The maximum atomic E-state index is 12.4. The summed E-state index contributed by atoms with van der Waals surface area (Å²) in [5, 5.41) is 3.26. The van der Waals surface area contributed by atoms with Gasteiger partial charge in [0.25, 0.3) is 0 Å². The Kier molecular flexibility index (Phi) is 4.27. The number of nitrogens with zero attached hydrogens (tertiary/aromatic N) is 1. The SMILES string of the molecule is CCCN(C(=O)C1CCS(=O)(=O)C1)C1CCNC1. The standard InChI is InChI=1S/C12H22N2O3S/c1-2-6-14(11-3-5-13-8-11)12(15)10-4-7-18(16,17)9-10/h10-11,13H,2-9H2,1H3. The topological polar surface area (TPSA) is 66.5 Å². The minimum Gasteiger partial charge on any atom is -0.338 e. The van der Waals surface area contributed by atoms with Crippen LogP contribution < -0.4 is 5.32 Å².